The molecule has 0 bridgehead atoms. The Morgan fingerprint density at radius 3 is 2.57 bits per heavy atom. The molecule has 0 atom stereocenters. The van der Waals surface area contributed by atoms with Gasteiger partial charge in [-0.1, -0.05) is 30.3 Å². The molecule has 2 aromatic heterocycles. The molecule has 1 aliphatic carbocycles. The smallest absolute Gasteiger partial charge is 0.332 e. The third kappa shape index (κ3) is 3.42. The van der Waals surface area contributed by atoms with Gasteiger partial charge in [-0.3, -0.25) is 13.9 Å². The number of benzene rings is 1. The molecule has 28 heavy (non-hydrogen) atoms. The Kier molecular flexibility index (Phi) is 5.17. The maximum absolute atomic E-state index is 12.9. The summed E-state index contributed by atoms with van der Waals surface area (Å²) in [5.74, 6) is -1.43. The molecule has 0 saturated carbocycles. The summed E-state index contributed by atoms with van der Waals surface area (Å²) in [4.78, 5) is 38.8. The van der Waals surface area contributed by atoms with Crippen molar-refractivity contribution >= 4 is 27.5 Å². The van der Waals surface area contributed by atoms with Gasteiger partial charge >= 0.3 is 5.69 Å². The van der Waals surface area contributed by atoms with Gasteiger partial charge in [-0.25, -0.2) is 4.79 Å². The van der Waals surface area contributed by atoms with Gasteiger partial charge < -0.3 is 9.90 Å². The molecule has 7 heteroatoms. The fourth-order valence-corrected chi connectivity index (χ4v) is 5.37. The van der Waals surface area contributed by atoms with Crippen molar-refractivity contribution in [3.63, 3.8) is 0 Å². The van der Waals surface area contributed by atoms with Gasteiger partial charge in [0.15, 0.2) is 0 Å². The van der Waals surface area contributed by atoms with Gasteiger partial charge in [-0.2, -0.15) is 0 Å². The molecule has 1 aromatic carbocycles. The van der Waals surface area contributed by atoms with Crippen molar-refractivity contribution in [2.75, 3.05) is 0 Å². The minimum absolute atomic E-state index is 0.441. The molecule has 3 aromatic rings. The first kappa shape index (κ1) is 18.7. The highest BCUT2D eigenvalue weighted by atomic mass is 32.1. The zero-order valence-corrected chi connectivity index (χ0v) is 16.3. The van der Waals surface area contributed by atoms with E-state index in [1.807, 2.05) is 30.3 Å². The highest BCUT2D eigenvalue weighted by Crippen LogP contribution is 2.34. The van der Waals surface area contributed by atoms with Gasteiger partial charge in [0.1, 0.15) is 4.83 Å². The van der Waals surface area contributed by atoms with Crippen LogP contribution in [0.2, 0.25) is 0 Å². The van der Waals surface area contributed by atoms with Crippen LogP contribution < -0.4 is 16.4 Å². The summed E-state index contributed by atoms with van der Waals surface area (Å²) >= 11 is 1.52. The van der Waals surface area contributed by atoms with Crippen LogP contribution in [0.25, 0.3) is 10.2 Å². The largest absolute Gasteiger partial charge is 0.548 e. The molecular weight excluding hydrogens is 376 g/mol. The van der Waals surface area contributed by atoms with Gasteiger partial charge in [0.05, 0.1) is 17.9 Å². The number of thiophene rings is 1. The maximum atomic E-state index is 12.9. The lowest BCUT2D eigenvalue weighted by Crippen LogP contribution is -2.44. The zero-order valence-electron chi connectivity index (χ0n) is 15.5. The lowest BCUT2D eigenvalue weighted by atomic mass is 9.97. The number of carbonyl (C=O) groups is 1. The molecule has 0 aliphatic heterocycles. The van der Waals surface area contributed by atoms with E-state index < -0.39 is 23.8 Å². The van der Waals surface area contributed by atoms with E-state index in [0.717, 1.165) is 53.5 Å². The number of nitrogens with zero attached hydrogens (tertiary/aromatic N) is 2. The minimum atomic E-state index is -1.43. The van der Waals surface area contributed by atoms with Crippen LogP contribution in [0.3, 0.4) is 0 Å². The van der Waals surface area contributed by atoms with E-state index in [9.17, 15) is 19.5 Å². The van der Waals surface area contributed by atoms with Gasteiger partial charge in [-0.15, -0.1) is 11.3 Å². The molecule has 0 fully saturated rings. The van der Waals surface area contributed by atoms with Crippen molar-refractivity contribution in [3.05, 3.63) is 67.2 Å². The maximum Gasteiger partial charge on any atom is 0.332 e. The van der Waals surface area contributed by atoms with Crippen molar-refractivity contribution in [3.8, 4) is 0 Å². The number of hydrogen-bond donors (Lipinski definition) is 0. The third-order valence-electron chi connectivity index (χ3n) is 5.30. The Hall–Kier alpha value is -2.67. The number of aliphatic carboxylic acids is 1. The van der Waals surface area contributed by atoms with Crippen molar-refractivity contribution < 1.29 is 9.90 Å². The first-order chi connectivity index (χ1) is 13.6. The number of aromatic nitrogens is 2. The van der Waals surface area contributed by atoms with E-state index in [2.05, 4.69) is 0 Å². The average Bonchev–Trinajstić information content (AvgIpc) is 3.08. The van der Waals surface area contributed by atoms with Crippen LogP contribution >= 0.6 is 11.3 Å². The van der Waals surface area contributed by atoms with Crippen LogP contribution in [0, 0.1) is 0 Å². The molecule has 0 radical (unpaired) electrons. The van der Waals surface area contributed by atoms with Crippen LogP contribution in [0.4, 0.5) is 0 Å². The monoisotopic (exact) mass is 397 g/mol. The van der Waals surface area contributed by atoms with Crippen LogP contribution in [-0.4, -0.2) is 15.1 Å². The predicted molar refractivity (Wildman–Crippen MR) is 107 cm³/mol. The number of rotatable bonds is 6. The average molecular weight is 397 g/mol. The summed E-state index contributed by atoms with van der Waals surface area (Å²) in [6.45, 7) is -0.270. The molecule has 2 heterocycles. The van der Waals surface area contributed by atoms with Crippen molar-refractivity contribution in [2.24, 2.45) is 0 Å². The number of carboxylic acid groups (broad SMARTS) is 1. The number of fused-ring (bicyclic) bond motifs is 3. The second kappa shape index (κ2) is 7.75. The standard InChI is InChI=1S/C21H22N2O4S/c24-17(25)13-23-19(26)18-15-10-4-5-11-16(15)28-20(18)22(21(23)27)12-6-9-14-7-2-1-3-8-14/h1-3,7-8H,4-6,9-13H2,(H,24,25)/p-1. The van der Waals surface area contributed by atoms with Crippen LogP contribution in [0.5, 0.6) is 0 Å². The predicted octanol–water partition coefficient (Wildman–Crippen LogP) is 1.49. The molecule has 0 amide bonds. The number of carboxylic acids is 1. The minimum Gasteiger partial charge on any atom is -0.548 e. The summed E-state index contributed by atoms with van der Waals surface area (Å²) in [6, 6.07) is 10.0. The molecule has 1 aliphatic rings. The second-order valence-electron chi connectivity index (χ2n) is 7.18. The fraction of sp³-hybridized carbons (Fsp3) is 0.381. The normalized spacial score (nSPS) is 13.6. The molecule has 0 unspecified atom stereocenters. The Bertz CT molecular complexity index is 1140. The molecule has 0 saturated heterocycles. The second-order valence-corrected chi connectivity index (χ2v) is 8.26. The van der Waals surface area contributed by atoms with Gasteiger partial charge in [0.25, 0.3) is 5.56 Å². The number of hydrogen-bond acceptors (Lipinski definition) is 5. The van der Waals surface area contributed by atoms with Gasteiger partial charge in [0.2, 0.25) is 0 Å². The summed E-state index contributed by atoms with van der Waals surface area (Å²) < 4.78 is 2.41. The van der Waals surface area contributed by atoms with Crippen LogP contribution in [0.1, 0.15) is 35.3 Å². The SMILES string of the molecule is O=C([O-])Cn1c(=O)c2c3c(sc2n(CCCc2ccccc2)c1=O)CCCC3. The Balaban J connectivity index is 1.79. The molecule has 6 nitrogen and oxygen atoms in total. The van der Waals surface area contributed by atoms with Crippen molar-refractivity contribution in [2.45, 2.75) is 51.6 Å². The van der Waals surface area contributed by atoms with E-state index in [1.54, 1.807) is 4.57 Å². The molecule has 4 rings (SSSR count). The third-order valence-corrected chi connectivity index (χ3v) is 6.61. The molecular formula is C21H21N2O4S-. The highest BCUT2D eigenvalue weighted by molar-refractivity contribution is 7.18. The first-order valence-corrected chi connectivity index (χ1v) is 10.4. The van der Waals surface area contributed by atoms with E-state index in [-0.39, 0.29) is 0 Å². The topological polar surface area (TPSA) is 84.1 Å². The lowest BCUT2D eigenvalue weighted by Gasteiger charge is -2.13. The summed E-state index contributed by atoms with van der Waals surface area (Å²) in [5, 5.41) is 11.7. The van der Waals surface area contributed by atoms with Gasteiger partial charge in [-0.05, 0) is 49.7 Å². The summed E-state index contributed by atoms with van der Waals surface area (Å²) in [5.41, 5.74) is 1.12. The van der Waals surface area contributed by atoms with E-state index in [4.69, 9.17) is 0 Å². The van der Waals surface area contributed by atoms with E-state index >= 15 is 0 Å². The zero-order chi connectivity index (χ0) is 19.7. The lowest BCUT2D eigenvalue weighted by molar-refractivity contribution is -0.306. The van der Waals surface area contributed by atoms with E-state index in [0.29, 0.717) is 16.8 Å². The molecule has 0 spiro atoms. The highest BCUT2D eigenvalue weighted by Gasteiger charge is 2.23. The van der Waals surface area contributed by atoms with Crippen molar-refractivity contribution in [1.82, 2.24) is 9.13 Å². The Morgan fingerprint density at radius 2 is 1.82 bits per heavy atom. The fourth-order valence-electron chi connectivity index (χ4n) is 3.97. The van der Waals surface area contributed by atoms with Crippen LogP contribution in [0.15, 0.2) is 39.9 Å². The van der Waals surface area contributed by atoms with E-state index in [1.165, 1.54) is 16.9 Å². The number of aryl methyl sites for hydroxylation is 4. The summed E-state index contributed by atoms with van der Waals surface area (Å²) in [7, 11) is 0. The first-order valence-electron chi connectivity index (χ1n) is 9.58. The summed E-state index contributed by atoms with van der Waals surface area (Å²) in [6.07, 6.45) is 5.33. The Labute approximate surface area is 165 Å². The molecule has 146 valence electrons. The quantitative estimate of drug-likeness (QED) is 0.631. The van der Waals surface area contributed by atoms with Crippen molar-refractivity contribution in [1.29, 1.82) is 0 Å². The Morgan fingerprint density at radius 1 is 1.07 bits per heavy atom. The van der Waals surface area contributed by atoms with Crippen LogP contribution in [-0.2, 0) is 37.1 Å². The van der Waals surface area contributed by atoms with Gasteiger partial charge in [0, 0.05) is 11.4 Å². The number of carbonyl (C=O) groups excluding carboxylic acids is 1. The molecule has 0 N–H and O–H groups in total.